The first-order chi connectivity index (χ1) is 11.4. The summed E-state index contributed by atoms with van der Waals surface area (Å²) in [6, 6.07) is -0.193. The van der Waals surface area contributed by atoms with Gasteiger partial charge >= 0.3 is 5.97 Å². The molecule has 128 valence electrons. The number of aliphatic carboxylic acids is 1. The highest BCUT2D eigenvalue weighted by molar-refractivity contribution is 7.15. The number of carboxylic acids is 1. The van der Waals surface area contributed by atoms with E-state index in [1.807, 2.05) is 13.8 Å². The number of carbonyl (C=O) groups is 1. The summed E-state index contributed by atoms with van der Waals surface area (Å²) < 4.78 is 0.446. The molecule has 1 aliphatic heterocycles. The van der Waals surface area contributed by atoms with Gasteiger partial charge in [-0.05, 0) is 18.8 Å². The molecule has 0 radical (unpaired) electrons. The van der Waals surface area contributed by atoms with E-state index in [1.54, 1.807) is 24.8 Å². The second-order valence-electron chi connectivity index (χ2n) is 6.56. The summed E-state index contributed by atoms with van der Waals surface area (Å²) in [5.74, 6) is -0.673. The van der Waals surface area contributed by atoms with Crippen molar-refractivity contribution in [1.29, 1.82) is 0 Å². The van der Waals surface area contributed by atoms with E-state index in [-0.39, 0.29) is 17.9 Å². The predicted molar refractivity (Wildman–Crippen MR) is 92.2 cm³/mol. The van der Waals surface area contributed by atoms with E-state index in [0.717, 1.165) is 10.6 Å². The Morgan fingerprint density at radius 2 is 2.25 bits per heavy atom. The Balaban J connectivity index is 2.02. The third-order valence-electron chi connectivity index (χ3n) is 4.33. The second kappa shape index (κ2) is 6.74. The van der Waals surface area contributed by atoms with Crippen molar-refractivity contribution < 1.29 is 9.90 Å². The molecule has 0 unspecified atom stereocenters. The molecular formula is C16H19ClN4O2S. The maximum absolute atomic E-state index is 12.1. The van der Waals surface area contributed by atoms with Gasteiger partial charge in [-0.1, -0.05) is 25.4 Å². The predicted octanol–water partition coefficient (Wildman–Crippen LogP) is 3.27. The summed E-state index contributed by atoms with van der Waals surface area (Å²) >= 11 is 7.35. The summed E-state index contributed by atoms with van der Waals surface area (Å²) in [6.45, 7) is 4.06. The Morgan fingerprint density at radius 3 is 2.79 bits per heavy atom. The monoisotopic (exact) mass is 366 g/mol. The molecule has 2 aromatic heterocycles. The van der Waals surface area contributed by atoms with Gasteiger partial charge in [0.15, 0.2) is 4.47 Å². The molecule has 24 heavy (non-hydrogen) atoms. The maximum atomic E-state index is 12.1. The molecule has 1 saturated heterocycles. The molecule has 0 amide bonds. The van der Waals surface area contributed by atoms with Crippen LogP contribution in [-0.4, -0.2) is 31.6 Å². The fraction of sp³-hybridized carbons (Fsp3) is 0.500. The first-order valence-corrected chi connectivity index (χ1v) is 8.99. The molecule has 2 aromatic rings. The highest BCUT2D eigenvalue weighted by Gasteiger charge is 2.52. The van der Waals surface area contributed by atoms with Crippen LogP contribution in [0.15, 0.2) is 24.8 Å². The van der Waals surface area contributed by atoms with Crippen molar-refractivity contribution in [1.82, 2.24) is 20.3 Å². The van der Waals surface area contributed by atoms with Crippen molar-refractivity contribution in [3.8, 4) is 0 Å². The van der Waals surface area contributed by atoms with Gasteiger partial charge in [-0.25, -0.2) is 4.98 Å². The van der Waals surface area contributed by atoms with Gasteiger partial charge in [0.2, 0.25) is 0 Å². The number of hydrogen-bond donors (Lipinski definition) is 2. The molecule has 3 atom stereocenters. The first-order valence-electron chi connectivity index (χ1n) is 7.79. The number of halogens is 1. The Kier molecular flexibility index (Phi) is 4.85. The minimum absolute atomic E-state index is 0.0925. The van der Waals surface area contributed by atoms with Gasteiger partial charge in [0.1, 0.15) is 5.54 Å². The van der Waals surface area contributed by atoms with Crippen LogP contribution < -0.4 is 5.32 Å². The maximum Gasteiger partial charge on any atom is 0.323 e. The van der Waals surface area contributed by atoms with Gasteiger partial charge in [-0.3, -0.25) is 20.1 Å². The van der Waals surface area contributed by atoms with Crippen molar-refractivity contribution in [2.24, 2.45) is 5.92 Å². The molecule has 0 aliphatic carbocycles. The van der Waals surface area contributed by atoms with Crippen LogP contribution in [0.3, 0.4) is 0 Å². The van der Waals surface area contributed by atoms with Crippen LogP contribution in [0.1, 0.15) is 49.2 Å². The zero-order valence-electron chi connectivity index (χ0n) is 13.4. The number of nitrogens with one attached hydrogen (secondary N) is 1. The quantitative estimate of drug-likeness (QED) is 0.844. The van der Waals surface area contributed by atoms with Gasteiger partial charge in [-0.2, -0.15) is 0 Å². The Labute approximate surface area is 149 Å². The summed E-state index contributed by atoms with van der Waals surface area (Å²) in [7, 11) is 0. The minimum atomic E-state index is -0.989. The van der Waals surface area contributed by atoms with Crippen LogP contribution >= 0.6 is 22.9 Å². The number of hydrogen-bond acceptors (Lipinski definition) is 6. The molecular weight excluding hydrogens is 348 g/mol. The van der Waals surface area contributed by atoms with Crippen LogP contribution in [0.25, 0.3) is 0 Å². The number of rotatable bonds is 5. The Hall–Kier alpha value is -1.57. The summed E-state index contributed by atoms with van der Waals surface area (Å²) in [4.78, 5) is 25.6. The lowest BCUT2D eigenvalue weighted by Gasteiger charge is -2.27. The van der Waals surface area contributed by atoms with E-state index in [2.05, 4.69) is 20.3 Å². The lowest BCUT2D eigenvalue weighted by molar-refractivity contribution is -0.145. The molecule has 2 N–H and O–H groups in total. The molecule has 3 heterocycles. The molecule has 1 aliphatic rings. The zero-order valence-corrected chi connectivity index (χ0v) is 15.0. The number of thiazole rings is 1. The van der Waals surface area contributed by atoms with E-state index in [9.17, 15) is 9.90 Å². The Morgan fingerprint density at radius 1 is 1.46 bits per heavy atom. The number of carboxylic acid groups (broad SMARTS) is 1. The molecule has 8 heteroatoms. The highest BCUT2D eigenvalue weighted by Crippen LogP contribution is 2.47. The largest absolute Gasteiger partial charge is 0.480 e. The fourth-order valence-electron chi connectivity index (χ4n) is 3.48. The summed E-state index contributed by atoms with van der Waals surface area (Å²) in [5, 5.41) is 13.3. The molecule has 0 bridgehead atoms. The third kappa shape index (κ3) is 3.29. The zero-order chi connectivity index (χ0) is 17.3. The van der Waals surface area contributed by atoms with Crippen LogP contribution in [0.4, 0.5) is 0 Å². The van der Waals surface area contributed by atoms with Gasteiger partial charge in [0, 0.05) is 35.6 Å². The van der Waals surface area contributed by atoms with Crippen LogP contribution in [0.2, 0.25) is 4.47 Å². The lowest BCUT2D eigenvalue weighted by Crippen LogP contribution is -2.49. The van der Waals surface area contributed by atoms with Crippen molar-refractivity contribution in [2.75, 3.05) is 0 Å². The molecule has 6 nitrogen and oxygen atoms in total. The lowest BCUT2D eigenvalue weighted by atomic mass is 9.83. The van der Waals surface area contributed by atoms with Crippen molar-refractivity contribution in [3.05, 3.63) is 39.8 Å². The smallest absolute Gasteiger partial charge is 0.323 e. The topological polar surface area (TPSA) is 88.0 Å². The molecule has 0 saturated carbocycles. The normalized spacial score (nSPS) is 26.8. The van der Waals surface area contributed by atoms with Crippen molar-refractivity contribution in [2.45, 2.75) is 44.2 Å². The first kappa shape index (κ1) is 17.3. The Bertz CT molecular complexity index is 724. The van der Waals surface area contributed by atoms with Crippen LogP contribution in [-0.2, 0) is 4.79 Å². The molecule has 0 spiro atoms. The van der Waals surface area contributed by atoms with E-state index in [0.29, 0.717) is 17.3 Å². The second-order valence-corrected chi connectivity index (χ2v) is 8.21. The molecule has 0 aromatic carbocycles. The minimum Gasteiger partial charge on any atom is -0.480 e. The highest BCUT2D eigenvalue weighted by atomic mass is 35.5. The van der Waals surface area contributed by atoms with Gasteiger partial charge in [0.25, 0.3) is 0 Å². The fourth-order valence-corrected chi connectivity index (χ4v) is 4.55. The van der Waals surface area contributed by atoms with E-state index >= 15 is 0 Å². The van der Waals surface area contributed by atoms with Crippen LogP contribution in [0.5, 0.6) is 0 Å². The number of aromatic nitrogens is 3. The van der Waals surface area contributed by atoms with Crippen molar-refractivity contribution >= 4 is 28.9 Å². The summed E-state index contributed by atoms with van der Waals surface area (Å²) in [5.41, 5.74) is -0.205. The van der Waals surface area contributed by atoms with Gasteiger partial charge < -0.3 is 5.11 Å². The molecule has 1 fully saturated rings. The van der Waals surface area contributed by atoms with E-state index in [4.69, 9.17) is 11.6 Å². The van der Waals surface area contributed by atoms with Gasteiger partial charge in [-0.15, -0.1) is 11.3 Å². The average Bonchev–Trinajstić information content (AvgIpc) is 3.12. The summed E-state index contributed by atoms with van der Waals surface area (Å²) in [6.07, 6.45) is 7.66. The average molecular weight is 367 g/mol. The molecule has 3 rings (SSSR count). The number of nitrogens with zero attached hydrogens (tertiary/aromatic N) is 3. The van der Waals surface area contributed by atoms with E-state index < -0.39 is 11.5 Å². The SMILES string of the molecule is CC(C)C[C@@]1(C(=O)O)C[C@H](c2cnccn2)[C@H](c2cnc(Cl)s2)N1. The van der Waals surface area contributed by atoms with E-state index in [1.165, 1.54) is 11.3 Å². The van der Waals surface area contributed by atoms with Crippen molar-refractivity contribution in [3.63, 3.8) is 0 Å². The third-order valence-corrected chi connectivity index (χ3v) is 5.53. The standard InChI is InChI=1S/C16H19ClN4O2S/c1-9(2)5-16(14(22)23)6-10(11-7-18-3-4-19-11)13(21-16)12-8-20-15(17)24-12/h3-4,7-10,13,21H,5-6H2,1-2H3,(H,22,23)/t10-,13-,16+/m1/s1. The van der Waals surface area contributed by atoms with Crippen LogP contribution in [0, 0.1) is 5.92 Å². The van der Waals surface area contributed by atoms with Gasteiger partial charge in [0.05, 0.1) is 11.7 Å².